The van der Waals surface area contributed by atoms with Crippen LogP contribution < -0.4 is 11.1 Å². The molecule has 0 aliphatic carbocycles. The Morgan fingerprint density at radius 3 is 2.28 bits per heavy atom. The molecule has 3 N–H and O–H groups in total. The van der Waals surface area contributed by atoms with Crippen LogP contribution in [0.3, 0.4) is 0 Å². The van der Waals surface area contributed by atoms with Crippen LogP contribution in [-0.2, 0) is 6.18 Å². The van der Waals surface area contributed by atoms with Gasteiger partial charge in [0.2, 0.25) is 0 Å². The highest BCUT2D eigenvalue weighted by molar-refractivity contribution is 8.01. The molecule has 0 bridgehead atoms. The fourth-order valence-corrected chi connectivity index (χ4v) is 5.08. The van der Waals surface area contributed by atoms with E-state index >= 15 is 0 Å². The first-order chi connectivity index (χ1) is 13.7. The summed E-state index contributed by atoms with van der Waals surface area (Å²) in [6.07, 6.45) is -4.68. The maximum Gasteiger partial charge on any atom is 0.417 e. The standard InChI is InChI=1S/C20H15F3N2O2S2/c1-11-15(16(24)26)18(29-19(11)28-12-7-3-2-4-8-12)25-17(27)13-9-5-6-10-14(13)20(21,22)23/h2-10H,1H3,(H2,24,26)(H,25,27). The molecule has 2 aromatic carbocycles. The first-order valence-corrected chi connectivity index (χ1v) is 9.95. The molecule has 3 rings (SSSR count). The van der Waals surface area contributed by atoms with Crippen molar-refractivity contribution in [1.29, 1.82) is 0 Å². The Balaban J connectivity index is 1.96. The molecule has 150 valence electrons. The summed E-state index contributed by atoms with van der Waals surface area (Å²) in [5.41, 5.74) is 4.54. The Hall–Kier alpha value is -2.78. The van der Waals surface area contributed by atoms with E-state index in [0.717, 1.165) is 28.4 Å². The molecule has 4 nitrogen and oxygen atoms in total. The van der Waals surface area contributed by atoms with Gasteiger partial charge in [0.15, 0.2) is 0 Å². The van der Waals surface area contributed by atoms with Gasteiger partial charge in [-0.15, -0.1) is 11.3 Å². The monoisotopic (exact) mass is 436 g/mol. The van der Waals surface area contributed by atoms with Gasteiger partial charge in [-0.1, -0.05) is 42.1 Å². The maximum atomic E-state index is 13.2. The number of thiophene rings is 1. The number of amides is 2. The second-order valence-corrected chi connectivity index (χ2v) is 8.36. The minimum absolute atomic E-state index is 0.0891. The number of primary amides is 1. The molecule has 0 atom stereocenters. The van der Waals surface area contributed by atoms with Crippen LogP contribution in [0, 0.1) is 6.92 Å². The molecule has 0 spiro atoms. The molecule has 0 aliphatic rings. The second-order valence-electron chi connectivity index (χ2n) is 6.00. The number of hydrogen-bond donors (Lipinski definition) is 2. The Labute approximate surface area is 172 Å². The number of carbonyl (C=O) groups excluding carboxylic acids is 2. The van der Waals surface area contributed by atoms with Gasteiger partial charge < -0.3 is 11.1 Å². The van der Waals surface area contributed by atoms with Crippen LogP contribution in [0.1, 0.15) is 31.8 Å². The number of hydrogen-bond acceptors (Lipinski definition) is 4. The third-order valence-corrected chi connectivity index (χ3v) is 6.51. The van der Waals surface area contributed by atoms with Crippen molar-refractivity contribution >= 4 is 39.9 Å². The summed E-state index contributed by atoms with van der Waals surface area (Å²) in [4.78, 5) is 25.4. The first kappa shape index (κ1) is 20.9. The molecule has 9 heteroatoms. The highest BCUT2D eigenvalue weighted by Gasteiger charge is 2.35. The minimum Gasteiger partial charge on any atom is -0.365 e. The summed E-state index contributed by atoms with van der Waals surface area (Å²) in [6, 6.07) is 13.8. The van der Waals surface area contributed by atoms with Crippen LogP contribution in [0.2, 0.25) is 0 Å². The number of halogens is 3. The third kappa shape index (κ3) is 4.63. The summed E-state index contributed by atoms with van der Waals surface area (Å²) < 4.78 is 40.3. The fourth-order valence-electron chi connectivity index (χ4n) is 2.67. The van der Waals surface area contributed by atoms with Gasteiger partial charge in [-0.2, -0.15) is 13.2 Å². The van der Waals surface area contributed by atoms with E-state index < -0.39 is 29.1 Å². The summed E-state index contributed by atoms with van der Waals surface area (Å²) in [5, 5.41) is 2.55. The third-order valence-electron chi connectivity index (χ3n) is 4.01. The number of nitrogens with two attached hydrogens (primary N) is 1. The van der Waals surface area contributed by atoms with Crippen LogP contribution in [0.25, 0.3) is 0 Å². The lowest BCUT2D eigenvalue weighted by Crippen LogP contribution is -2.20. The molecule has 1 heterocycles. The molecular formula is C20H15F3N2O2S2. The number of benzene rings is 2. The number of nitrogens with one attached hydrogen (secondary N) is 1. The topological polar surface area (TPSA) is 72.2 Å². The zero-order valence-electron chi connectivity index (χ0n) is 15.0. The molecule has 0 unspecified atom stereocenters. The van der Waals surface area contributed by atoms with Crippen LogP contribution in [0.4, 0.5) is 18.2 Å². The zero-order valence-corrected chi connectivity index (χ0v) is 16.7. The van der Waals surface area contributed by atoms with E-state index in [4.69, 9.17) is 5.73 Å². The average Bonchev–Trinajstić information content (AvgIpc) is 2.97. The highest BCUT2D eigenvalue weighted by atomic mass is 32.2. The van der Waals surface area contributed by atoms with E-state index in [1.54, 1.807) is 6.92 Å². The number of alkyl halides is 3. The smallest absolute Gasteiger partial charge is 0.365 e. The predicted molar refractivity (Wildman–Crippen MR) is 108 cm³/mol. The van der Waals surface area contributed by atoms with E-state index in [-0.39, 0.29) is 10.6 Å². The van der Waals surface area contributed by atoms with Crippen molar-refractivity contribution in [3.05, 3.63) is 76.9 Å². The number of rotatable bonds is 5. The Morgan fingerprint density at radius 1 is 1.03 bits per heavy atom. The SMILES string of the molecule is Cc1c(Sc2ccccc2)sc(NC(=O)c2ccccc2C(F)(F)F)c1C(N)=O. The van der Waals surface area contributed by atoms with Crippen molar-refractivity contribution in [3.63, 3.8) is 0 Å². The van der Waals surface area contributed by atoms with Crippen molar-refractivity contribution in [2.24, 2.45) is 5.73 Å². The summed E-state index contributed by atoms with van der Waals surface area (Å²) in [6.45, 7) is 1.68. The van der Waals surface area contributed by atoms with Gasteiger partial charge in [-0.3, -0.25) is 9.59 Å². The van der Waals surface area contributed by atoms with Crippen LogP contribution in [-0.4, -0.2) is 11.8 Å². The lowest BCUT2D eigenvalue weighted by atomic mass is 10.1. The minimum atomic E-state index is -4.68. The van der Waals surface area contributed by atoms with Gasteiger partial charge in [0, 0.05) is 4.90 Å². The number of anilines is 1. The lowest BCUT2D eigenvalue weighted by Gasteiger charge is -2.12. The van der Waals surface area contributed by atoms with Crippen LogP contribution >= 0.6 is 23.1 Å². The fraction of sp³-hybridized carbons (Fsp3) is 0.100. The van der Waals surface area contributed by atoms with Gasteiger partial charge in [0.1, 0.15) is 5.00 Å². The molecule has 0 fully saturated rings. The molecule has 29 heavy (non-hydrogen) atoms. The van der Waals surface area contributed by atoms with Gasteiger partial charge in [-0.05, 0) is 36.8 Å². The van der Waals surface area contributed by atoms with Crippen molar-refractivity contribution in [2.45, 2.75) is 22.2 Å². The molecular weight excluding hydrogens is 421 g/mol. The van der Waals surface area contributed by atoms with Gasteiger partial charge in [0.25, 0.3) is 11.8 Å². The Kier molecular flexibility index (Phi) is 5.99. The van der Waals surface area contributed by atoms with E-state index in [9.17, 15) is 22.8 Å². The van der Waals surface area contributed by atoms with Crippen molar-refractivity contribution in [3.8, 4) is 0 Å². The van der Waals surface area contributed by atoms with Crippen molar-refractivity contribution in [2.75, 3.05) is 5.32 Å². The van der Waals surface area contributed by atoms with E-state index in [0.29, 0.717) is 9.77 Å². The maximum absolute atomic E-state index is 13.2. The molecule has 1 aromatic heterocycles. The number of carbonyl (C=O) groups is 2. The second kappa shape index (κ2) is 8.30. The van der Waals surface area contributed by atoms with E-state index in [1.165, 1.54) is 23.9 Å². The summed E-state index contributed by atoms with van der Waals surface area (Å²) in [7, 11) is 0. The van der Waals surface area contributed by atoms with Crippen LogP contribution in [0.5, 0.6) is 0 Å². The van der Waals surface area contributed by atoms with E-state index in [1.807, 2.05) is 30.3 Å². The molecule has 3 aromatic rings. The first-order valence-electron chi connectivity index (χ1n) is 8.32. The Morgan fingerprint density at radius 2 is 1.66 bits per heavy atom. The quantitative estimate of drug-likeness (QED) is 0.549. The van der Waals surface area contributed by atoms with Crippen LogP contribution in [0.15, 0.2) is 63.7 Å². The van der Waals surface area contributed by atoms with Crippen molar-refractivity contribution < 1.29 is 22.8 Å². The molecule has 0 radical (unpaired) electrons. The largest absolute Gasteiger partial charge is 0.417 e. The normalized spacial score (nSPS) is 11.3. The zero-order chi connectivity index (χ0) is 21.2. The summed E-state index contributed by atoms with van der Waals surface area (Å²) in [5.74, 6) is -1.73. The molecule has 0 saturated carbocycles. The van der Waals surface area contributed by atoms with Gasteiger partial charge >= 0.3 is 6.18 Å². The Bertz CT molecular complexity index is 1060. The predicted octanol–water partition coefficient (Wildman–Crippen LogP) is 5.58. The average molecular weight is 436 g/mol. The van der Waals surface area contributed by atoms with Crippen molar-refractivity contribution in [1.82, 2.24) is 0 Å². The van der Waals surface area contributed by atoms with Gasteiger partial charge in [0.05, 0.1) is 20.9 Å². The molecule has 0 aliphatic heterocycles. The molecule has 2 amide bonds. The molecule has 0 saturated heterocycles. The van der Waals surface area contributed by atoms with Gasteiger partial charge in [-0.25, -0.2) is 0 Å². The lowest BCUT2D eigenvalue weighted by molar-refractivity contribution is -0.137. The summed E-state index contributed by atoms with van der Waals surface area (Å²) >= 11 is 2.47. The van der Waals surface area contributed by atoms with E-state index in [2.05, 4.69) is 5.32 Å². The highest BCUT2D eigenvalue weighted by Crippen LogP contribution is 2.42.